The monoisotopic (exact) mass is 386 g/mol. The number of anilines is 1. The Bertz CT molecular complexity index is 749. The predicted octanol–water partition coefficient (Wildman–Crippen LogP) is 3.59. The molecule has 0 bridgehead atoms. The zero-order chi connectivity index (χ0) is 20.5. The number of nitrogens with one attached hydrogen (secondary N) is 1. The summed E-state index contributed by atoms with van der Waals surface area (Å²) in [5, 5.41) is 22.6. The molecule has 28 heavy (non-hydrogen) atoms. The first-order valence-electron chi connectivity index (χ1n) is 9.55. The van der Waals surface area contributed by atoms with Crippen molar-refractivity contribution in [2.45, 2.75) is 38.9 Å². The van der Waals surface area contributed by atoms with E-state index in [1.54, 1.807) is 6.07 Å². The fourth-order valence-corrected chi connectivity index (χ4v) is 3.22. The number of aliphatic hydroxyl groups excluding tert-OH is 1. The molecule has 2 atom stereocenters. The Balaban J connectivity index is 2.25. The van der Waals surface area contributed by atoms with Crippen molar-refractivity contribution in [3.05, 3.63) is 65.2 Å². The van der Waals surface area contributed by atoms with E-state index in [0.717, 1.165) is 17.7 Å². The summed E-state index contributed by atoms with van der Waals surface area (Å²) in [6, 6.07) is 15.4. The molecule has 0 fully saturated rings. The Morgan fingerprint density at radius 3 is 2.46 bits per heavy atom. The second-order valence-electron chi connectivity index (χ2n) is 7.38. The molecule has 0 saturated heterocycles. The molecule has 2 rings (SSSR count). The Kier molecular flexibility index (Phi) is 8.29. The number of carboxylic acid groups (broad SMARTS) is 1. The fraction of sp³-hybridized carbons (Fsp3) is 0.409. The van der Waals surface area contributed by atoms with Gasteiger partial charge in [-0.1, -0.05) is 62.4 Å². The highest BCUT2D eigenvalue weighted by Crippen LogP contribution is 2.34. The van der Waals surface area contributed by atoms with E-state index in [9.17, 15) is 9.90 Å². The highest BCUT2D eigenvalue weighted by molar-refractivity contribution is 5.60. The third kappa shape index (κ3) is 6.55. The molecule has 0 aliphatic rings. The van der Waals surface area contributed by atoms with Crippen LogP contribution in [0.25, 0.3) is 0 Å². The van der Waals surface area contributed by atoms with Crippen LogP contribution in [-0.4, -0.2) is 35.6 Å². The number of nitrogens with two attached hydrogens (primary N) is 1. The number of rotatable bonds is 10. The molecule has 0 radical (unpaired) electrons. The Morgan fingerprint density at radius 2 is 1.82 bits per heavy atom. The summed E-state index contributed by atoms with van der Waals surface area (Å²) in [7, 11) is 0. The van der Waals surface area contributed by atoms with Crippen molar-refractivity contribution in [3.8, 4) is 0 Å². The zero-order valence-corrected chi connectivity index (χ0v) is 16.5. The maximum absolute atomic E-state index is 10.7. The molecule has 2 aromatic rings. The van der Waals surface area contributed by atoms with Crippen molar-refractivity contribution in [3.63, 3.8) is 0 Å². The minimum Gasteiger partial charge on any atom is -0.450 e. The van der Waals surface area contributed by atoms with Crippen LogP contribution in [0.2, 0.25) is 0 Å². The second-order valence-corrected chi connectivity index (χ2v) is 7.38. The lowest BCUT2D eigenvalue weighted by molar-refractivity contribution is 0.0855. The maximum Gasteiger partial charge on any atom is 0.506 e. The lowest BCUT2D eigenvalue weighted by Gasteiger charge is -2.24. The van der Waals surface area contributed by atoms with E-state index in [1.165, 1.54) is 0 Å². The van der Waals surface area contributed by atoms with Crippen LogP contribution in [0.3, 0.4) is 0 Å². The molecular weight excluding hydrogens is 356 g/mol. The van der Waals surface area contributed by atoms with Gasteiger partial charge < -0.3 is 26.0 Å². The molecule has 0 aliphatic heterocycles. The van der Waals surface area contributed by atoms with E-state index in [0.29, 0.717) is 30.1 Å². The van der Waals surface area contributed by atoms with Gasteiger partial charge in [0.1, 0.15) is 6.61 Å². The van der Waals surface area contributed by atoms with Crippen LogP contribution in [0, 0.1) is 5.92 Å². The van der Waals surface area contributed by atoms with Crippen LogP contribution in [0.5, 0.6) is 0 Å². The number of hydrogen-bond acceptors (Lipinski definition) is 5. The highest BCUT2D eigenvalue weighted by atomic mass is 16.7. The summed E-state index contributed by atoms with van der Waals surface area (Å²) < 4.78 is 4.68. The van der Waals surface area contributed by atoms with E-state index in [-0.39, 0.29) is 12.5 Å². The van der Waals surface area contributed by atoms with Crippen molar-refractivity contribution in [1.82, 2.24) is 5.32 Å². The van der Waals surface area contributed by atoms with Crippen LogP contribution in [-0.2, 0) is 11.3 Å². The normalized spacial score (nSPS) is 13.3. The number of carbonyl (C=O) groups is 1. The van der Waals surface area contributed by atoms with Gasteiger partial charge in [0.25, 0.3) is 0 Å². The summed E-state index contributed by atoms with van der Waals surface area (Å²) in [4.78, 5) is 10.7. The van der Waals surface area contributed by atoms with Crippen molar-refractivity contribution >= 4 is 11.8 Å². The first-order chi connectivity index (χ1) is 13.4. The number of benzene rings is 2. The molecule has 2 aromatic carbocycles. The number of ether oxygens (including phenoxy) is 1. The minimum absolute atomic E-state index is 0.102. The quantitative estimate of drug-likeness (QED) is 0.367. The average molecular weight is 386 g/mol. The smallest absolute Gasteiger partial charge is 0.450 e. The van der Waals surface area contributed by atoms with Gasteiger partial charge in [-0.3, -0.25) is 0 Å². The fourth-order valence-electron chi connectivity index (χ4n) is 3.22. The Morgan fingerprint density at radius 1 is 1.11 bits per heavy atom. The van der Waals surface area contributed by atoms with Gasteiger partial charge in [0, 0.05) is 23.7 Å². The number of aliphatic hydroxyl groups is 1. The van der Waals surface area contributed by atoms with Crippen LogP contribution >= 0.6 is 0 Å². The number of para-hydroxylation sites is 1. The topological polar surface area (TPSA) is 105 Å². The lowest BCUT2D eigenvalue weighted by Crippen LogP contribution is -2.31. The Labute approximate surface area is 166 Å². The van der Waals surface area contributed by atoms with Crippen molar-refractivity contribution < 1.29 is 19.7 Å². The average Bonchev–Trinajstić information content (AvgIpc) is 2.66. The van der Waals surface area contributed by atoms with Gasteiger partial charge in [0.15, 0.2) is 0 Å². The standard InChI is InChI=1S/C22H30N2O4/c1-15(2)12-24-13-18(25)11-20(16-7-4-3-5-8-16)19-10-6-9-17(21(19)23)14-28-22(26)27/h3-10,15,18,20,24-25H,11-14,23H2,1-2H3,(H,26,27). The molecule has 2 unspecified atom stereocenters. The van der Waals surface area contributed by atoms with E-state index in [2.05, 4.69) is 23.9 Å². The first kappa shape index (κ1) is 21.7. The van der Waals surface area contributed by atoms with Gasteiger partial charge in [-0.25, -0.2) is 4.79 Å². The van der Waals surface area contributed by atoms with E-state index in [4.69, 9.17) is 10.8 Å². The molecule has 0 aromatic heterocycles. The van der Waals surface area contributed by atoms with Crippen LogP contribution < -0.4 is 11.1 Å². The molecule has 5 N–H and O–H groups in total. The van der Waals surface area contributed by atoms with Crippen molar-refractivity contribution in [2.24, 2.45) is 5.92 Å². The highest BCUT2D eigenvalue weighted by Gasteiger charge is 2.22. The number of nitrogen functional groups attached to an aromatic ring is 1. The first-order valence-corrected chi connectivity index (χ1v) is 9.55. The summed E-state index contributed by atoms with van der Waals surface area (Å²) >= 11 is 0. The second kappa shape index (κ2) is 10.7. The molecule has 0 aliphatic carbocycles. The van der Waals surface area contributed by atoms with E-state index >= 15 is 0 Å². The van der Waals surface area contributed by atoms with Crippen molar-refractivity contribution in [2.75, 3.05) is 18.8 Å². The molecule has 0 spiro atoms. The largest absolute Gasteiger partial charge is 0.506 e. The molecule has 0 amide bonds. The molecular formula is C22H30N2O4. The SMILES string of the molecule is CC(C)CNCC(O)CC(c1ccccc1)c1cccc(COC(=O)O)c1N. The number of hydrogen-bond donors (Lipinski definition) is 4. The summed E-state index contributed by atoms with van der Waals surface area (Å²) in [5.41, 5.74) is 9.38. The van der Waals surface area contributed by atoms with E-state index < -0.39 is 12.3 Å². The summed E-state index contributed by atoms with van der Waals surface area (Å²) in [6.45, 7) is 5.49. The van der Waals surface area contributed by atoms with Crippen LogP contribution in [0.1, 0.15) is 42.9 Å². The summed E-state index contributed by atoms with van der Waals surface area (Å²) in [6.07, 6.45) is -1.37. The van der Waals surface area contributed by atoms with Gasteiger partial charge >= 0.3 is 6.16 Å². The third-order valence-corrected chi connectivity index (χ3v) is 4.60. The van der Waals surface area contributed by atoms with Crippen LogP contribution in [0.15, 0.2) is 48.5 Å². The van der Waals surface area contributed by atoms with E-state index in [1.807, 2.05) is 42.5 Å². The predicted molar refractivity (Wildman–Crippen MR) is 110 cm³/mol. The Hall–Kier alpha value is -2.57. The van der Waals surface area contributed by atoms with Gasteiger partial charge in [-0.2, -0.15) is 0 Å². The van der Waals surface area contributed by atoms with Crippen molar-refractivity contribution in [1.29, 1.82) is 0 Å². The maximum atomic E-state index is 10.7. The van der Waals surface area contributed by atoms with Gasteiger partial charge in [-0.05, 0) is 30.0 Å². The molecule has 152 valence electrons. The molecule has 6 heteroatoms. The molecule has 0 saturated carbocycles. The summed E-state index contributed by atoms with van der Waals surface area (Å²) in [5.74, 6) is 0.403. The third-order valence-electron chi connectivity index (χ3n) is 4.60. The van der Waals surface area contributed by atoms with Gasteiger partial charge in [0.2, 0.25) is 0 Å². The van der Waals surface area contributed by atoms with Gasteiger partial charge in [0.05, 0.1) is 6.10 Å². The lowest BCUT2D eigenvalue weighted by atomic mass is 9.84. The molecule has 6 nitrogen and oxygen atoms in total. The molecule has 0 heterocycles. The van der Waals surface area contributed by atoms with Gasteiger partial charge in [-0.15, -0.1) is 0 Å². The zero-order valence-electron chi connectivity index (χ0n) is 16.5. The van der Waals surface area contributed by atoms with Crippen LogP contribution in [0.4, 0.5) is 10.5 Å². The minimum atomic E-state index is -1.34.